The number of thiazole rings is 1. The maximum atomic E-state index is 12.6. The van der Waals surface area contributed by atoms with Gasteiger partial charge in [-0.2, -0.15) is 0 Å². The minimum atomic E-state index is -0.510. The van der Waals surface area contributed by atoms with Gasteiger partial charge in [0.05, 0.1) is 5.69 Å². The largest absolute Gasteiger partial charge is 0.486 e. The van der Waals surface area contributed by atoms with Gasteiger partial charge in [0.2, 0.25) is 5.91 Å². The fourth-order valence-corrected chi connectivity index (χ4v) is 3.70. The normalized spacial score (nSPS) is 11.2. The van der Waals surface area contributed by atoms with E-state index in [4.69, 9.17) is 10.5 Å². The molecule has 6 nitrogen and oxygen atoms in total. The van der Waals surface area contributed by atoms with Gasteiger partial charge in [-0.25, -0.2) is 4.98 Å². The number of aryl methyl sites for hydroxylation is 1. The topological polar surface area (TPSA) is 94.3 Å². The fraction of sp³-hybridized carbons (Fsp3) is 0.261. The Bertz CT molecular complexity index is 1050. The molecule has 0 spiro atoms. The van der Waals surface area contributed by atoms with Crippen LogP contribution in [0.5, 0.6) is 5.75 Å². The first-order valence-corrected chi connectivity index (χ1v) is 10.4. The molecule has 0 bridgehead atoms. The molecule has 0 radical (unpaired) electrons. The molecule has 0 unspecified atom stereocenters. The van der Waals surface area contributed by atoms with E-state index in [0.29, 0.717) is 28.4 Å². The number of carbonyl (C=O) groups excluding carboxylic acids is 2. The molecule has 1 heterocycles. The van der Waals surface area contributed by atoms with Crippen molar-refractivity contribution < 1.29 is 14.3 Å². The SMILES string of the molecule is Cc1nc(COc2ccc(C(C)(C)C)cc2)sc1C(=O)Nc1ccc(C(N)=O)cc1. The lowest BCUT2D eigenvalue weighted by atomic mass is 9.87. The fourth-order valence-electron chi connectivity index (χ4n) is 2.83. The van der Waals surface area contributed by atoms with Gasteiger partial charge in [-0.3, -0.25) is 9.59 Å². The van der Waals surface area contributed by atoms with Crippen LogP contribution in [0, 0.1) is 6.92 Å². The van der Waals surface area contributed by atoms with E-state index in [1.54, 1.807) is 31.2 Å². The monoisotopic (exact) mass is 423 g/mol. The van der Waals surface area contributed by atoms with E-state index >= 15 is 0 Å². The average Bonchev–Trinajstić information content (AvgIpc) is 3.07. The van der Waals surface area contributed by atoms with Crippen LogP contribution in [-0.2, 0) is 12.0 Å². The molecular weight excluding hydrogens is 398 g/mol. The van der Waals surface area contributed by atoms with Crippen LogP contribution in [0.4, 0.5) is 5.69 Å². The highest BCUT2D eigenvalue weighted by molar-refractivity contribution is 7.13. The average molecular weight is 424 g/mol. The zero-order valence-corrected chi connectivity index (χ0v) is 18.3. The Balaban J connectivity index is 1.63. The number of aromatic nitrogens is 1. The molecule has 3 aromatic rings. The van der Waals surface area contributed by atoms with Crippen molar-refractivity contribution in [2.75, 3.05) is 5.32 Å². The number of nitrogens with two attached hydrogens (primary N) is 1. The summed E-state index contributed by atoms with van der Waals surface area (Å²) in [5.41, 5.74) is 8.17. The second-order valence-corrected chi connectivity index (χ2v) is 9.06. The first-order valence-electron chi connectivity index (χ1n) is 9.54. The van der Waals surface area contributed by atoms with E-state index in [9.17, 15) is 9.59 Å². The molecule has 0 aliphatic rings. The van der Waals surface area contributed by atoms with Crippen LogP contribution in [0.25, 0.3) is 0 Å². The van der Waals surface area contributed by atoms with Crippen molar-refractivity contribution in [2.24, 2.45) is 5.73 Å². The maximum Gasteiger partial charge on any atom is 0.267 e. The third-order valence-corrected chi connectivity index (χ3v) is 5.69. The van der Waals surface area contributed by atoms with Crippen LogP contribution >= 0.6 is 11.3 Å². The Hall–Kier alpha value is -3.19. The summed E-state index contributed by atoms with van der Waals surface area (Å²) in [5, 5.41) is 3.53. The molecule has 2 aromatic carbocycles. The van der Waals surface area contributed by atoms with Crippen molar-refractivity contribution in [3.05, 3.63) is 75.2 Å². The molecule has 0 aliphatic heterocycles. The van der Waals surface area contributed by atoms with Gasteiger partial charge in [0.15, 0.2) is 0 Å². The van der Waals surface area contributed by atoms with Gasteiger partial charge in [0, 0.05) is 11.3 Å². The third kappa shape index (κ3) is 5.24. The highest BCUT2D eigenvalue weighted by atomic mass is 32.1. The lowest BCUT2D eigenvalue weighted by Gasteiger charge is -2.19. The van der Waals surface area contributed by atoms with E-state index in [0.717, 1.165) is 10.8 Å². The number of ether oxygens (including phenoxy) is 1. The maximum absolute atomic E-state index is 12.6. The smallest absolute Gasteiger partial charge is 0.267 e. The number of hydrogen-bond acceptors (Lipinski definition) is 5. The minimum absolute atomic E-state index is 0.0907. The Morgan fingerprint density at radius 2 is 1.70 bits per heavy atom. The molecule has 3 N–H and O–H groups in total. The van der Waals surface area contributed by atoms with Gasteiger partial charge in [-0.1, -0.05) is 32.9 Å². The second-order valence-electron chi connectivity index (χ2n) is 7.98. The summed E-state index contributed by atoms with van der Waals surface area (Å²) in [7, 11) is 0. The molecule has 0 saturated heterocycles. The summed E-state index contributed by atoms with van der Waals surface area (Å²) in [6.45, 7) is 8.59. The molecule has 3 rings (SSSR count). The molecule has 0 atom stereocenters. The van der Waals surface area contributed by atoms with E-state index in [1.165, 1.54) is 16.9 Å². The van der Waals surface area contributed by atoms with Gasteiger partial charge < -0.3 is 15.8 Å². The summed E-state index contributed by atoms with van der Waals surface area (Å²) >= 11 is 1.30. The Labute approximate surface area is 180 Å². The summed E-state index contributed by atoms with van der Waals surface area (Å²) < 4.78 is 5.83. The van der Waals surface area contributed by atoms with Crippen molar-refractivity contribution in [1.82, 2.24) is 4.98 Å². The number of nitrogens with one attached hydrogen (secondary N) is 1. The molecule has 1 aromatic heterocycles. The van der Waals surface area contributed by atoms with Crippen molar-refractivity contribution >= 4 is 28.8 Å². The molecule has 0 aliphatic carbocycles. The zero-order valence-electron chi connectivity index (χ0n) is 17.5. The van der Waals surface area contributed by atoms with Crippen molar-refractivity contribution in [3.8, 4) is 5.75 Å². The molecule has 2 amide bonds. The van der Waals surface area contributed by atoms with Crippen LogP contribution in [0.2, 0.25) is 0 Å². The van der Waals surface area contributed by atoms with E-state index in [2.05, 4.69) is 43.2 Å². The number of amides is 2. The number of primary amides is 1. The predicted molar refractivity (Wildman–Crippen MR) is 119 cm³/mol. The van der Waals surface area contributed by atoms with Gasteiger partial charge in [0.25, 0.3) is 5.91 Å². The van der Waals surface area contributed by atoms with Crippen LogP contribution in [-0.4, -0.2) is 16.8 Å². The van der Waals surface area contributed by atoms with Crippen molar-refractivity contribution in [1.29, 1.82) is 0 Å². The number of carbonyl (C=O) groups is 2. The molecule has 0 fully saturated rings. The second kappa shape index (κ2) is 8.67. The number of rotatable bonds is 6. The third-order valence-electron chi connectivity index (χ3n) is 4.56. The minimum Gasteiger partial charge on any atom is -0.486 e. The number of hydrogen-bond donors (Lipinski definition) is 2. The zero-order chi connectivity index (χ0) is 21.9. The molecule has 30 heavy (non-hydrogen) atoms. The van der Waals surface area contributed by atoms with Gasteiger partial charge in [-0.05, 0) is 54.3 Å². The summed E-state index contributed by atoms with van der Waals surface area (Å²) in [5.74, 6) is -0.00198. The molecule has 0 saturated carbocycles. The Kier molecular flexibility index (Phi) is 6.22. The molecular formula is C23H25N3O3S. The molecule has 7 heteroatoms. The number of nitrogens with zero attached hydrogens (tertiary/aromatic N) is 1. The summed E-state index contributed by atoms with van der Waals surface area (Å²) in [6, 6.07) is 14.4. The number of anilines is 1. The quantitative estimate of drug-likeness (QED) is 0.602. The lowest BCUT2D eigenvalue weighted by Crippen LogP contribution is -2.13. The first-order chi connectivity index (χ1) is 14.1. The Morgan fingerprint density at radius 1 is 1.07 bits per heavy atom. The van der Waals surface area contributed by atoms with Crippen LogP contribution in [0.15, 0.2) is 48.5 Å². The summed E-state index contributed by atoms with van der Waals surface area (Å²) in [6.07, 6.45) is 0. The van der Waals surface area contributed by atoms with E-state index < -0.39 is 5.91 Å². The first kappa shape index (κ1) is 21.5. The van der Waals surface area contributed by atoms with Crippen LogP contribution < -0.4 is 15.8 Å². The van der Waals surface area contributed by atoms with E-state index in [-0.39, 0.29) is 11.3 Å². The lowest BCUT2D eigenvalue weighted by molar-refractivity contribution is 0.0998. The van der Waals surface area contributed by atoms with Crippen molar-refractivity contribution in [2.45, 2.75) is 39.7 Å². The predicted octanol–water partition coefficient (Wildman–Crippen LogP) is 4.68. The van der Waals surface area contributed by atoms with E-state index in [1.807, 2.05) is 12.1 Å². The summed E-state index contributed by atoms with van der Waals surface area (Å²) in [4.78, 5) is 28.7. The Morgan fingerprint density at radius 3 is 2.27 bits per heavy atom. The van der Waals surface area contributed by atoms with Crippen LogP contribution in [0.3, 0.4) is 0 Å². The highest BCUT2D eigenvalue weighted by Gasteiger charge is 2.17. The van der Waals surface area contributed by atoms with Crippen molar-refractivity contribution in [3.63, 3.8) is 0 Å². The standard InChI is InChI=1S/C23H25N3O3S/c1-14-20(22(28)26-17-9-5-15(6-10-17)21(24)27)30-19(25-14)13-29-18-11-7-16(8-12-18)23(2,3)4/h5-12H,13H2,1-4H3,(H2,24,27)(H,26,28). The van der Waals surface area contributed by atoms with Crippen LogP contribution in [0.1, 0.15) is 57.1 Å². The van der Waals surface area contributed by atoms with Gasteiger partial charge in [-0.15, -0.1) is 11.3 Å². The number of benzene rings is 2. The van der Waals surface area contributed by atoms with Gasteiger partial charge >= 0.3 is 0 Å². The molecule has 156 valence electrons. The van der Waals surface area contributed by atoms with Gasteiger partial charge in [0.1, 0.15) is 22.2 Å². The highest BCUT2D eigenvalue weighted by Crippen LogP contribution is 2.26.